The Morgan fingerprint density at radius 1 is 0.290 bits per heavy atom. The van der Waals surface area contributed by atoms with Crippen LogP contribution in [0.3, 0.4) is 0 Å². The van der Waals surface area contributed by atoms with Crippen LogP contribution in [0, 0.1) is 0 Å². The maximum Gasteiger partial charge on any atom is 0.0542 e. The number of hydrogen-bond donors (Lipinski definition) is 0. The lowest BCUT2D eigenvalue weighted by Crippen LogP contribution is -2.09. The predicted molar refractivity (Wildman–Crippen MR) is 266 cm³/mol. The van der Waals surface area contributed by atoms with Crippen molar-refractivity contribution in [3.63, 3.8) is 0 Å². The van der Waals surface area contributed by atoms with Crippen LogP contribution in [0.1, 0.15) is 0 Å². The highest BCUT2D eigenvalue weighted by atomic mass is 32.1. The van der Waals surface area contributed by atoms with Gasteiger partial charge in [-0.2, -0.15) is 0 Å². The molecule has 3 aromatic heterocycles. The molecule has 10 aromatic carbocycles. The quantitative estimate of drug-likeness (QED) is 0.163. The highest BCUT2D eigenvalue weighted by molar-refractivity contribution is 7.25. The van der Waals surface area contributed by atoms with Gasteiger partial charge in [0.25, 0.3) is 0 Å². The SMILES string of the molecule is c1ccc(-n2c3ccccc3c3cc(-c4ccc5sc6cc(N(c7ccc8ccccc8c7)c7ccc8c(c7)c7ccccc7n8-c7ccccc7)ccc6c5c4)ccc32)cc1. The smallest absolute Gasteiger partial charge is 0.0542 e. The van der Waals surface area contributed by atoms with Crippen LogP contribution in [0.4, 0.5) is 17.1 Å². The second kappa shape index (κ2) is 13.8. The zero-order valence-electron chi connectivity index (χ0n) is 33.6. The van der Waals surface area contributed by atoms with Crippen molar-refractivity contribution in [2.75, 3.05) is 4.90 Å². The van der Waals surface area contributed by atoms with Gasteiger partial charge in [0, 0.05) is 70.2 Å². The number of rotatable bonds is 6. The van der Waals surface area contributed by atoms with Crippen molar-refractivity contribution >= 4 is 103 Å². The lowest BCUT2D eigenvalue weighted by molar-refractivity contribution is 1.18. The summed E-state index contributed by atoms with van der Waals surface area (Å²) in [6.07, 6.45) is 0. The van der Waals surface area contributed by atoms with Crippen LogP contribution in [0.5, 0.6) is 0 Å². The van der Waals surface area contributed by atoms with Gasteiger partial charge in [-0.1, -0.05) is 121 Å². The molecule has 0 aliphatic rings. The third-order valence-corrected chi connectivity index (χ3v) is 13.8. The number of fused-ring (bicyclic) bond motifs is 10. The van der Waals surface area contributed by atoms with E-state index in [2.05, 4.69) is 238 Å². The van der Waals surface area contributed by atoms with Crippen LogP contribution in [0.2, 0.25) is 0 Å². The summed E-state index contributed by atoms with van der Waals surface area (Å²) in [5, 5.41) is 10.0. The molecule has 0 fully saturated rings. The van der Waals surface area contributed by atoms with Crippen LogP contribution in [-0.4, -0.2) is 9.13 Å². The number of anilines is 3. The molecule has 13 aromatic rings. The number of aromatic nitrogens is 2. The molecule has 0 radical (unpaired) electrons. The molecule has 4 heteroatoms. The molecule has 13 rings (SSSR count). The van der Waals surface area contributed by atoms with Gasteiger partial charge in [-0.15, -0.1) is 11.3 Å². The largest absolute Gasteiger partial charge is 0.310 e. The predicted octanol–water partition coefficient (Wildman–Crippen LogP) is 16.5. The highest BCUT2D eigenvalue weighted by Gasteiger charge is 2.20. The topological polar surface area (TPSA) is 13.1 Å². The zero-order chi connectivity index (χ0) is 40.7. The molecule has 0 unspecified atom stereocenters. The Balaban J connectivity index is 0.952. The summed E-state index contributed by atoms with van der Waals surface area (Å²) < 4.78 is 7.32. The Bertz CT molecular complexity index is 3870. The van der Waals surface area contributed by atoms with E-state index in [-0.39, 0.29) is 0 Å². The average molecular weight is 808 g/mol. The Morgan fingerprint density at radius 3 is 1.50 bits per heavy atom. The van der Waals surface area contributed by atoms with Gasteiger partial charge < -0.3 is 14.0 Å². The number of benzene rings is 10. The first-order chi connectivity index (χ1) is 30.7. The van der Waals surface area contributed by atoms with E-state index >= 15 is 0 Å². The van der Waals surface area contributed by atoms with E-state index in [1.807, 2.05) is 11.3 Å². The molecule has 0 saturated carbocycles. The first kappa shape index (κ1) is 34.9. The molecule has 0 aliphatic heterocycles. The molecule has 3 heterocycles. The summed E-state index contributed by atoms with van der Waals surface area (Å²) >= 11 is 1.87. The summed E-state index contributed by atoms with van der Waals surface area (Å²) in [7, 11) is 0. The van der Waals surface area contributed by atoms with Crippen LogP contribution >= 0.6 is 11.3 Å². The molecule has 0 spiro atoms. The number of hydrogen-bond acceptors (Lipinski definition) is 2. The summed E-state index contributed by atoms with van der Waals surface area (Å²) in [5.74, 6) is 0. The zero-order valence-corrected chi connectivity index (χ0v) is 34.4. The van der Waals surface area contributed by atoms with Gasteiger partial charge in [-0.3, -0.25) is 0 Å². The van der Waals surface area contributed by atoms with Gasteiger partial charge >= 0.3 is 0 Å². The van der Waals surface area contributed by atoms with Gasteiger partial charge in [0.2, 0.25) is 0 Å². The third-order valence-electron chi connectivity index (χ3n) is 12.7. The summed E-state index contributed by atoms with van der Waals surface area (Å²) in [4.78, 5) is 2.43. The second-order valence-electron chi connectivity index (χ2n) is 16.2. The minimum absolute atomic E-state index is 1.12. The van der Waals surface area contributed by atoms with E-state index in [1.165, 1.54) is 91.4 Å². The Labute approximate surface area is 362 Å². The van der Waals surface area contributed by atoms with E-state index in [0.717, 1.165) is 22.7 Å². The lowest BCUT2D eigenvalue weighted by Gasteiger charge is -2.26. The molecule has 0 atom stereocenters. The van der Waals surface area contributed by atoms with E-state index in [0.29, 0.717) is 0 Å². The second-order valence-corrected chi connectivity index (χ2v) is 17.3. The first-order valence-corrected chi connectivity index (χ1v) is 22.0. The standard InChI is InChI=1S/C58H37N3S/c1-3-15-42(16-4-1)60-53-21-11-9-19-47(53)50-34-40(24-30-55(50)60)41-25-32-57-52(35-41)49-29-27-46(37-58(49)62-57)59(44-26-23-38-13-7-8-14-39(38)33-44)45-28-31-56-51(36-45)48-20-10-12-22-54(48)61(56)43-17-5-2-6-18-43/h1-37H. The molecule has 0 aliphatic carbocycles. The summed E-state index contributed by atoms with van der Waals surface area (Å²) in [6.45, 7) is 0. The van der Waals surface area contributed by atoms with Crippen LogP contribution in [-0.2, 0) is 0 Å². The van der Waals surface area contributed by atoms with Gasteiger partial charge in [-0.25, -0.2) is 0 Å². The van der Waals surface area contributed by atoms with Gasteiger partial charge in [0.15, 0.2) is 0 Å². The maximum absolute atomic E-state index is 2.43. The van der Waals surface area contributed by atoms with E-state index in [4.69, 9.17) is 0 Å². The number of nitrogens with zero attached hydrogens (tertiary/aromatic N) is 3. The summed E-state index contributed by atoms with van der Waals surface area (Å²) in [5.41, 5.74) is 13.0. The fraction of sp³-hybridized carbons (Fsp3) is 0. The summed E-state index contributed by atoms with van der Waals surface area (Å²) in [6, 6.07) is 82.2. The fourth-order valence-electron chi connectivity index (χ4n) is 9.81. The normalized spacial score (nSPS) is 11.9. The molecule has 0 saturated heterocycles. The Kier molecular flexibility index (Phi) is 7.78. The van der Waals surface area contributed by atoms with Crippen LogP contribution < -0.4 is 4.90 Å². The van der Waals surface area contributed by atoms with Crippen molar-refractivity contribution in [2.45, 2.75) is 0 Å². The molecular weight excluding hydrogens is 771 g/mol. The van der Waals surface area contributed by atoms with Crippen molar-refractivity contribution in [1.82, 2.24) is 9.13 Å². The molecule has 62 heavy (non-hydrogen) atoms. The van der Waals surface area contributed by atoms with E-state index in [9.17, 15) is 0 Å². The number of para-hydroxylation sites is 4. The van der Waals surface area contributed by atoms with Crippen molar-refractivity contribution in [3.8, 4) is 22.5 Å². The monoisotopic (exact) mass is 807 g/mol. The third kappa shape index (κ3) is 5.44. The molecule has 0 amide bonds. The van der Waals surface area contributed by atoms with E-state index < -0.39 is 0 Å². The molecule has 3 nitrogen and oxygen atoms in total. The average Bonchev–Trinajstić information content (AvgIpc) is 3.99. The molecule has 0 N–H and O–H groups in total. The van der Waals surface area contributed by atoms with Crippen molar-refractivity contribution < 1.29 is 0 Å². The molecular formula is C58H37N3S. The van der Waals surface area contributed by atoms with Gasteiger partial charge in [0.1, 0.15) is 0 Å². The van der Waals surface area contributed by atoms with Crippen molar-refractivity contribution in [3.05, 3.63) is 224 Å². The minimum Gasteiger partial charge on any atom is -0.310 e. The van der Waals surface area contributed by atoms with Crippen LogP contribution in [0.25, 0.3) is 97.1 Å². The van der Waals surface area contributed by atoms with Gasteiger partial charge in [0.05, 0.1) is 22.1 Å². The van der Waals surface area contributed by atoms with Gasteiger partial charge in [-0.05, 0) is 125 Å². The Hall–Kier alpha value is -7.92. The lowest BCUT2D eigenvalue weighted by atomic mass is 10.0. The first-order valence-electron chi connectivity index (χ1n) is 21.2. The fourth-order valence-corrected chi connectivity index (χ4v) is 10.9. The van der Waals surface area contributed by atoms with E-state index in [1.54, 1.807) is 0 Å². The van der Waals surface area contributed by atoms with Crippen molar-refractivity contribution in [1.29, 1.82) is 0 Å². The number of thiophene rings is 1. The maximum atomic E-state index is 2.43. The van der Waals surface area contributed by atoms with Crippen molar-refractivity contribution in [2.24, 2.45) is 0 Å². The molecule has 290 valence electrons. The Morgan fingerprint density at radius 2 is 0.790 bits per heavy atom. The molecule has 0 bridgehead atoms. The van der Waals surface area contributed by atoms with Crippen LogP contribution in [0.15, 0.2) is 224 Å². The highest BCUT2D eigenvalue weighted by Crippen LogP contribution is 2.44. The minimum atomic E-state index is 1.12.